The van der Waals surface area contributed by atoms with Gasteiger partial charge in [-0.2, -0.15) is 0 Å². The van der Waals surface area contributed by atoms with E-state index in [4.69, 9.17) is 9.84 Å². The van der Waals surface area contributed by atoms with Gasteiger partial charge in [0.05, 0.1) is 25.1 Å². The molecule has 1 aliphatic heterocycles. The second-order valence-corrected chi connectivity index (χ2v) is 3.29. The van der Waals surface area contributed by atoms with Crippen molar-refractivity contribution in [3.8, 4) is 5.75 Å². The Kier molecular flexibility index (Phi) is 2.19. The molecule has 3 nitrogen and oxygen atoms in total. The van der Waals surface area contributed by atoms with Crippen molar-refractivity contribution in [1.29, 1.82) is 0 Å². The van der Waals surface area contributed by atoms with Crippen molar-refractivity contribution in [1.82, 2.24) is 4.98 Å². The lowest BCUT2D eigenvalue weighted by Gasteiger charge is -2.04. The second-order valence-electron chi connectivity index (χ2n) is 3.29. The van der Waals surface area contributed by atoms with Crippen molar-refractivity contribution in [3.63, 3.8) is 0 Å². The second kappa shape index (κ2) is 3.34. The Balaban J connectivity index is 2.37. The Labute approximate surface area is 77.4 Å². The summed E-state index contributed by atoms with van der Waals surface area (Å²) in [6, 6.07) is 1.94. The van der Waals surface area contributed by atoms with Crippen LogP contribution in [-0.2, 0) is 6.61 Å². The number of fused-ring (bicyclic) bond motifs is 1. The lowest BCUT2D eigenvalue weighted by molar-refractivity contribution is 0.276. The minimum atomic E-state index is 0.00368. The van der Waals surface area contributed by atoms with E-state index in [9.17, 15) is 0 Å². The molecule has 3 heteroatoms. The van der Waals surface area contributed by atoms with E-state index in [2.05, 4.69) is 11.9 Å². The van der Waals surface area contributed by atoms with E-state index < -0.39 is 0 Å². The highest BCUT2D eigenvalue weighted by Gasteiger charge is 2.22. The van der Waals surface area contributed by atoms with E-state index in [0.717, 1.165) is 24.5 Å². The van der Waals surface area contributed by atoms with Gasteiger partial charge in [0, 0.05) is 11.5 Å². The number of ether oxygens (including phenoxy) is 1. The molecule has 2 heterocycles. The molecule has 0 saturated heterocycles. The van der Waals surface area contributed by atoms with Crippen LogP contribution in [0.3, 0.4) is 0 Å². The number of aromatic nitrogens is 1. The van der Waals surface area contributed by atoms with Crippen molar-refractivity contribution in [2.24, 2.45) is 0 Å². The molecule has 1 N–H and O–H groups in total. The number of aliphatic hydroxyl groups is 1. The summed E-state index contributed by atoms with van der Waals surface area (Å²) in [5, 5.41) is 8.92. The number of hydrogen-bond donors (Lipinski definition) is 1. The Morgan fingerprint density at radius 3 is 3.23 bits per heavy atom. The summed E-state index contributed by atoms with van der Waals surface area (Å²) in [5.41, 5.74) is 1.92. The van der Waals surface area contributed by atoms with Crippen molar-refractivity contribution in [2.45, 2.75) is 25.9 Å². The summed E-state index contributed by atoms with van der Waals surface area (Å²) in [6.07, 6.45) is 2.78. The number of hydrogen-bond acceptors (Lipinski definition) is 3. The highest BCUT2D eigenvalue weighted by Crippen LogP contribution is 2.35. The molecule has 0 bridgehead atoms. The van der Waals surface area contributed by atoms with Gasteiger partial charge in [-0.1, -0.05) is 6.92 Å². The van der Waals surface area contributed by atoms with Crippen molar-refractivity contribution in [3.05, 3.63) is 23.5 Å². The fraction of sp³-hybridized carbons (Fsp3) is 0.500. The van der Waals surface area contributed by atoms with Gasteiger partial charge in [0.2, 0.25) is 0 Å². The third-order valence-electron chi connectivity index (χ3n) is 2.49. The minimum Gasteiger partial charge on any atom is -0.491 e. The molecule has 0 saturated carbocycles. The Morgan fingerprint density at radius 2 is 2.54 bits per heavy atom. The van der Waals surface area contributed by atoms with Gasteiger partial charge < -0.3 is 9.84 Å². The van der Waals surface area contributed by atoms with E-state index in [0.29, 0.717) is 5.92 Å². The van der Waals surface area contributed by atoms with Crippen LogP contribution >= 0.6 is 0 Å². The van der Waals surface area contributed by atoms with E-state index in [1.807, 2.05) is 6.07 Å². The third-order valence-corrected chi connectivity index (χ3v) is 2.49. The summed E-state index contributed by atoms with van der Waals surface area (Å²) in [6.45, 7) is 2.90. The molecule has 1 atom stereocenters. The molecule has 1 aliphatic rings. The zero-order valence-electron chi connectivity index (χ0n) is 7.66. The van der Waals surface area contributed by atoms with Crippen LogP contribution in [0.25, 0.3) is 0 Å². The smallest absolute Gasteiger partial charge is 0.141 e. The van der Waals surface area contributed by atoms with Crippen LogP contribution in [0.5, 0.6) is 5.75 Å². The van der Waals surface area contributed by atoms with E-state index in [1.54, 1.807) is 6.20 Å². The van der Waals surface area contributed by atoms with E-state index >= 15 is 0 Å². The summed E-state index contributed by atoms with van der Waals surface area (Å²) in [5.74, 6) is 1.35. The number of rotatable bonds is 2. The molecular formula is C10H13NO2. The molecule has 0 radical (unpaired) electrons. The topological polar surface area (TPSA) is 42.4 Å². The molecule has 0 aromatic carbocycles. The van der Waals surface area contributed by atoms with Gasteiger partial charge in [0.15, 0.2) is 0 Å². The quantitative estimate of drug-likeness (QED) is 0.747. The maximum absolute atomic E-state index is 8.92. The highest BCUT2D eigenvalue weighted by atomic mass is 16.5. The van der Waals surface area contributed by atoms with Crippen molar-refractivity contribution < 1.29 is 9.84 Å². The van der Waals surface area contributed by atoms with Crippen LogP contribution in [0.15, 0.2) is 12.3 Å². The normalized spacial score (nSPS) is 19.7. The molecule has 13 heavy (non-hydrogen) atoms. The first-order valence-corrected chi connectivity index (χ1v) is 4.57. The van der Waals surface area contributed by atoms with Crippen LogP contribution in [0.1, 0.15) is 30.5 Å². The standard InChI is InChI=1S/C10H13NO2/c1-2-7-6-13-10-4-11-8(5-12)3-9(7)10/h3-4,7,12H,2,5-6H2,1H3. The average molecular weight is 179 g/mol. The molecule has 0 spiro atoms. The molecular weight excluding hydrogens is 166 g/mol. The van der Waals surface area contributed by atoms with Gasteiger partial charge in [0.25, 0.3) is 0 Å². The van der Waals surface area contributed by atoms with Crippen molar-refractivity contribution >= 4 is 0 Å². The molecule has 1 unspecified atom stereocenters. The first-order chi connectivity index (χ1) is 6.35. The Morgan fingerprint density at radius 1 is 1.69 bits per heavy atom. The van der Waals surface area contributed by atoms with Crippen LogP contribution in [0.2, 0.25) is 0 Å². The zero-order valence-corrected chi connectivity index (χ0v) is 7.66. The number of nitrogens with zero attached hydrogens (tertiary/aromatic N) is 1. The summed E-state index contributed by atoms with van der Waals surface area (Å²) in [7, 11) is 0. The first kappa shape index (κ1) is 8.51. The summed E-state index contributed by atoms with van der Waals surface area (Å²) >= 11 is 0. The molecule has 1 aromatic rings. The Hall–Kier alpha value is -1.09. The molecule has 1 aromatic heterocycles. The summed E-state index contributed by atoms with van der Waals surface area (Å²) in [4.78, 5) is 4.06. The Bertz CT molecular complexity index is 312. The zero-order chi connectivity index (χ0) is 9.26. The molecule has 0 aliphatic carbocycles. The van der Waals surface area contributed by atoms with E-state index in [1.165, 1.54) is 5.56 Å². The fourth-order valence-electron chi connectivity index (χ4n) is 1.65. The molecule has 0 amide bonds. The van der Waals surface area contributed by atoms with Crippen LogP contribution < -0.4 is 4.74 Å². The molecule has 70 valence electrons. The van der Waals surface area contributed by atoms with Crippen LogP contribution in [0, 0.1) is 0 Å². The van der Waals surface area contributed by atoms with Crippen molar-refractivity contribution in [2.75, 3.05) is 6.61 Å². The minimum absolute atomic E-state index is 0.00368. The monoisotopic (exact) mass is 179 g/mol. The lowest BCUT2D eigenvalue weighted by atomic mass is 9.99. The lowest BCUT2D eigenvalue weighted by Crippen LogP contribution is -1.98. The maximum atomic E-state index is 8.92. The van der Waals surface area contributed by atoms with Gasteiger partial charge in [-0.05, 0) is 12.5 Å². The third kappa shape index (κ3) is 1.40. The van der Waals surface area contributed by atoms with Gasteiger partial charge in [0.1, 0.15) is 5.75 Å². The largest absolute Gasteiger partial charge is 0.491 e. The molecule has 2 rings (SSSR count). The maximum Gasteiger partial charge on any atom is 0.141 e. The summed E-state index contributed by atoms with van der Waals surface area (Å²) < 4.78 is 5.46. The van der Waals surface area contributed by atoms with E-state index in [-0.39, 0.29) is 6.61 Å². The van der Waals surface area contributed by atoms with Gasteiger partial charge in [-0.25, -0.2) is 0 Å². The van der Waals surface area contributed by atoms with Gasteiger partial charge in [-0.15, -0.1) is 0 Å². The van der Waals surface area contributed by atoms with Gasteiger partial charge in [-0.3, -0.25) is 4.98 Å². The van der Waals surface area contributed by atoms with Crippen LogP contribution in [-0.4, -0.2) is 16.7 Å². The molecule has 0 fully saturated rings. The number of aliphatic hydroxyl groups excluding tert-OH is 1. The highest BCUT2D eigenvalue weighted by molar-refractivity contribution is 5.38. The average Bonchev–Trinajstić information content (AvgIpc) is 2.59. The number of pyridine rings is 1. The fourth-order valence-corrected chi connectivity index (χ4v) is 1.65. The predicted molar refractivity (Wildman–Crippen MR) is 48.7 cm³/mol. The van der Waals surface area contributed by atoms with Crippen LogP contribution in [0.4, 0.5) is 0 Å². The SMILES string of the molecule is CCC1COc2cnc(CO)cc21. The van der Waals surface area contributed by atoms with Gasteiger partial charge >= 0.3 is 0 Å². The predicted octanol–water partition coefficient (Wildman–Crippen LogP) is 1.46. The first-order valence-electron chi connectivity index (χ1n) is 4.57.